The number of hydrogen-bond acceptors (Lipinski definition) is 7. The Balaban J connectivity index is 1.72. The summed E-state index contributed by atoms with van der Waals surface area (Å²) in [4.78, 5) is 33.7. The molecule has 2 aromatic rings. The van der Waals surface area contributed by atoms with Gasteiger partial charge in [-0.3, -0.25) is 4.79 Å². The summed E-state index contributed by atoms with van der Waals surface area (Å²) in [6.07, 6.45) is 0.170. The Morgan fingerprint density at radius 2 is 2.11 bits per heavy atom. The Kier molecular flexibility index (Phi) is 2.41. The van der Waals surface area contributed by atoms with Crippen LogP contribution in [0.2, 0.25) is 0 Å². The first-order valence-electron chi connectivity index (χ1n) is 5.57. The summed E-state index contributed by atoms with van der Waals surface area (Å²) >= 11 is 0. The number of carbonyl (C=O) groups is 3. The summed E-state index contributed by atoms with van der Waals surface area (Å²) in [5.74, 6) is -1.67. The topological polar surface area (TPSA) is 92.0 Å². The van der Waals surface area contributed by atoms with Crippen LogP contribution in [0, 0.1) is 0 Å². The van der Waals surface area contributed by atoms with Gasteiger partial charge in [-0.1, -0.05) is 6.92 Å². The summed E-state index contributed by atoms with van der Waals surface area (Å²) in [5.41, 5.74) is 0.844. The summed E-state index contributed by atoms with van der Waals surface area (Å²) in [6, 6.07) is 1.44. The third kappa shape index (κ3) is 1.70. The Hall–Kier alpha value is -2.57. The van der Waals surface area contributed by atoms with Gasteiger partial charge in [-0.25, -0.2) is 9.59 Å². The molecule has 0 N–H and O–H groups in total. The van der Waals surface area contributed by atoms with E-state index < -0.39 is 24.5 Å². The highest BCUT2D eigenvalue weighted by Crippen LogP contribution is 2.48. The molecule has 2 bridgehead atoms. The molecule has 0 spiro atoms. The minimum atomic E-state index is -0.772. The van der Waals surface area contributed by atoms with Crippen LogP contribution in [0.1, 0.15) is 23.7 Å². The smallest absolute Gasteiger partial charge is 0.349 e. The summed E-state index contributed by atoms with van der Waals surface area (Å²) in [5, 5.41) is 0. The lowest BCUT2D eigenvalue weighted by Crippen LogP contribution is -2.18. The molecule has 2 aromatic heterocycles. The average Bonchev–Trinajstić information content (AvgIpc) is 3.00. The normalized spacial score (nSPS) is 12.8. The van der Waals surface area contributed by atoms with Crippen molar-refractivity contribution in [2.24, 2.45) is 0 Å². The van der Waals surface area contributed by atoms with Gasteiger partial charge < -0.3 is 18.6 Å². The van der Waals surface area contributed by atoms with Crippen LogP contribution in [0.5, 0.6) is 11.5 Å². The van der Waals surface area contributed by atoms with E-state index in [2.05, 4.69) is 4.74 Å². The SMILES string of the molecule is CCC(=O)OCC(=O)Oc1c2c3oc1cc3C(=O)O2. The van der Waals surface area contributed by atoms with Gasteiger partial charge in [-0.05, 0) is 0 Å². The van der Waals surface area contributed by atoms with E-state index in [-0.39, 0.29) is 29.1 Å². The molecule has 0 aliphatic carbocycles. The highest BCUT2D eigenvalue weighted by atomic mass is 16.6. The number of rotatable bonds is 4. The van der Waals surface area contributed by atoms with E-state index in [1.807, 2.05) is 0 Å². The van der Waals surface area contributed by atoms with Crippen LogP contribution in [0.25, 0.3) is 11.2 Å². The molecule has 3 heterocycles. The van der Waals surface area contributed by atoms with Gasteiger partial charge in [0.05, 0.1) is 0 Å². The Labute approximate surface area is 106 Å². The van der Waals surface area contributed by atoms with Gasteiger partial charge in [-0.2, -0.15) is 0 Å². The minimum absolute atomic E-state index is 0.0437. The average molecular weight is 264 g/mol. The molecule has 0 amide bonds. The zero-order valence-electron chi connectivity index (χ0n) is 9.85. The van der Waals surface area contributed by atoms with E-state index >= 15 is 0 Å². The molecule has 1 aliphatic rings. The molecule has 19 heavy (non-hydrogen) atoms. The maximum absolute atomic E-state index is 11.5. The molecule has 7 heteroatoms. The number of esters is 3. The fourth-order valence-corrected chi connectivity index (χ4v) is 1.76. The zero-order chi connectivity index (χ0) is 13.6. The fourth-order valence-electron chi connectivity index (χ4n) is 1.76. The van der Waals surface area contributed by atoms with Gasteiger partial charge in [0, 0.05) is 12.5 Å². The third-order valence-electron chi connectivity index (χ3n) is 2.64. The van der Waals surface area contributed by atoms with E-state index in [4.69, 9.17) is 13.9 Å². The molecule has 0 aromatic carbocycles. The highest BCUT2D eigenvalue weighted by molar-refractivity contribution is 6.10. The zero-order valence-corrected chi connectivity index (χ0v) is 9.85. The second-order valence-corrected chi connectivity index (χ2v) is 3.89. The van der Waals surface area contributed by atoms with Crippen LogP contribution in [0.15, 0.2) is 10.5 Å². The van der Waals surface area contributed by atoms with Crippen LogP contribution in [0.4, 0.5) is 0 Å². The van der Waals surface area contributed by atoms with Crippen LogP contribution in [-0.2, 0) is 14.3 Å². The van der Waals surface area contributed by atoms with Crippen LogP contribution < -0.4 is 9.47 Å². The monoisotopic (exact) mass is 264 g/mol. The number of benzene rings is 1. The molecule has 3 rings (SSSR count). The van der Waals surface area contributed by atoms with Gasteiger partial charge in [0.1, 0.15) is 5.56 Å². The molecule has 0 radical (unpaired) electrons. The molecule has 7 nitrogen and oxygen atoms in total. The maximum atomic E-state index is 11.5. The highest BCUT2D eigenvalue weighted by Gasteiger charge is 2.36. The van der Waals surface area contributed by atoms with Crippen molar-refractivity contribution in [2.75, 3.05) is 6.61 Å². The van der Waals surface area contributed by atoms with Crippen molar-refractivity contribution in [1.29, 1.82) is 0 Å². The Morgan fingerprint density at radius 3 is 2.84 bits per heavy atom. The molecule has 1 aliphatic heterocycles. The largest absolute Gasteiger partial charge is 0.454 e. The van der Waals surface area contributed by atoms with Crippen molar-refractivity contribution >= 4 is 29.1 Å². The second kappa shape index (κ2) is 3.98. The van der Waals surface area contributed by atoms with E-state index in [0.717, 1.165) is 0 Å². The first kappa shape index (κ1) is 11.5. The number of furan rings is 2. The van der Waals surface area contributed by atoms with Crippen molar-refractivity contribution in [3.63, 3.8) is 0 Å². The summed E-state index contributed by atoms with van der Waals surface area (Å²) in [6.45, 7) is 1.11. The van der Waals surface area contributed by atoms with Crippen molar-refractivity contribution in [1.82, 2.24) is 0 Å². The van der Waals surface area contributed by atoms with Crippen LogP contribution >= 0.6 is 0 Å². The van der Waals surface area contributed by atoms with Crippen LogP contribution in [-0.4, -0.2) is 24.5 Å². The number of fused-ring (bicyclic) bond motifs is 1. The maximum Gasteiger partial charge on any atom is 0.349 e. The van der Waals surface area contributed by atoms with Crippen molar-refractivity contribution < 1.29 is 33.0 Å². The van der Waals surface area contributed by atoms with Gasteiger partial charge in [0.25, 0.3) is 0 Å². The second-order valence-electron chi connectivity index (χ2n) is 3.89. The Bertz CT molecular complexity index is 681. The van der Waals surface area contributed by atoms with E-state index in [1.165, 1.54) is 6.07 Å². The van der Waals surface area contributed by atoms with Crippen LogP contribution in [0.3, 0.4) is 0 Å². The van der Waals surface area contributed by atoms with E-state index in [1.54, 1.807) is 6.92 Å². The first-order chi connectivity index (χ1) is 9.10. The fraction of sp³-hybridized carbons (Fsp3) is 0.250. The predicted octanol–water partition coefficient (Wildman–Crippen LogP) is 1.26. The molecule has 0 fully saturated rings. The van der Waals surface area contributed by atoms with E-state index in [9.17, 15) is 14.4 Å². The number of hydrogen-bond donors (Lipinski definition) is 0. The van der Waals surface area contributed by atoms with Crippen molar-refractivity contribution in [3.05, 3.63) is 11.6 Å². The molecule has 98 valence electrons. The quantitative estimate of drug-likeness (QED) is 0.606. The lowest BCUT2D eigenvalue weighted by Gasteiger charge is -2.04. The van der Waals surface area contributed by atoms with E-state index in [0.29, 0.717) is 5.56 Å². The minimum Gasteiger partial charge on any atom is -0.454 e. The van der Waals surface area contributed by atoms with Gasteiger partial charge in [0.15, 0.2) is 17.8 Å². The summed E-state index contributed by atoms with van der Waals surface area (Å²) < 4.78 is 19.7. The number of ether oxygens (including phenoxy) is 3. The Morgan fingerprint density at radius 1 is 1.32 bits per heavy atom. The molecular formula is C12H8O7. The third-order valence-corrected chi connectivity index (χ3v) is 2.64. The van der Waals surface area contributed by atoms with Crippen molar-refractivity contribution in [2.45, 2.75) is 13.3 Å². The molecular weight excluding hydrogens is 256 g/mol. The molecule has 0 saturated carbocycles. The molecule has 0 atom stereocenters. The molecule has 0 unspecified atom stereocenters. The first-order valence-corrected chi connectivity index (χ1v) is 5.57. The standard InChI is InChI=1S/C12H8O7/c1-2-7(13)16-4-8(14)18-10-6-3-5-9(17-6)11(10)19-12(5)15/h3H,2,4H2,1H3. The van der Waals surface area contributed by atoms with Gasteiger partial charge in [-0.15, -0.1) is 0 Å². The lowest BCUT2D eigenvalue weighted by atomic mass is 10.2. The number of carbonyl (C=O) groups excluding carboxylic acids is 3. The lowest BCUT2D eigenvalue weighted by molar-refractivity contribution is -0.153. The van der Waals surface area contributed by atoms with Gasteiger partial charge >= 0.3 is 17.9 Å². The van der Waals surface area contributed by atoms with Crippen molar-refractivity contribution in [3.8, 4) is 11.5 Å². The van der Waals surface area contributed by atoms with Gasteiger partial charge in [0.2, 0.25) is 11.5 Å². The molecule has 0 saturated heterocycles. The predicted molar refractivity (Wildman–Crippen MR) is 59.2 cm³/mol. The summed E-state index contributed by atoms with van der Waals surface area (Å²) in [7, 11) is 0.